The molecule has 0 N–H and O–H groups in total. The fourth-order valence-electron chi connectivity index (χ4n) is 3.51. The third-order valence-corrected chi connectivity index (χ3v) is 6.49. The van der Waals surface area contributed by atoms with Crippen LogP contribution in [0.5, 0.6) is 0 Å². The van der Waals surface area contributed by atoms with Gasteiger partial charge in [0.05, 0.1) is 4.90 Å². The second kappa shape index (κ2) is 5.01. The van der Waals surface area contributed by atoms with Gasteiger partial charge in [0.15, 0.2) is 0 Å². The number of rotatable bonds is 2. The molecular formula is C16H21NO2S. The average molecular weight is 291 g/mol. The van der Waals surface area contributed by atoms with E-state index >= 15 is 0 Å². The lowest BCUT2D eigenvalue weighted by Gasteiger charge is -2.36. The third-order valence-electron chi connectivity index (χ3n) is 4.66. The molecule has 1 saturated heterocycles. The van der Waals surface area contributed by atoms with Crippen molar-refractivity contribution < 1.29 is 8.42 Å². The Morgan fingerprint density at radius 3 is 2.60 bits per heavy atom. The lowest BCUT2D eigenvalue weighted by atomic mass is 9.86. The highest BCUT2D eigenvalue weighted by Gasteiger charge is 2.39. The van der Waals surface area contributed by atoms with Crippen molar-refractivity contribution in [2.24, 2.45) is 11.8 Å². The van der Waals surface area contributed by atoms with E-state index < -0.39 is 10.0 Å². The molecule has 1 aliphatic heterocycles. The highest BCUT2D eigenvalue weighted by atomic mass is 32.2. The Kier molecular flexibility index (Phi) is 3.46. The maximum absolute atomic E-state index is 12.7. The van der Waals surface area contributed by atoms with Crippen molar-refractivity contribution in [2.45, 2.75) is 31.1 Å². The van der Waals surface area contributed by atoms with Crippen LogP contribution in [0.3, 0.4) is 0 Å². The Morgan fingerprint density at radius 2 is 1.90 bits per heavy atom. The molecule has 0 amide bonds. The minimum absolute atomic E-state index is 0.396. The quantitative estimate of drug-likeness (QED) is 0.786. The van der Waals surface area contributed by atoms with Gasteiger partial charge in [-0.25, -0.2) is 8.42 Å². The summed E-state index contributed by atoms with van der Waals surface area (Å²) in [5, 5.41) is 0. The van der Waals surface area contributed by atoms with E-state index in [1.165, 1.54) is 12.8 Å². The molecule has 1 saturated carbocycles. The number of nitrogens with zero attached hydrogens (tertiary/aromatic N) is 1. The lowest BCUT2D eigenvalue weighted by molar-refractivity contribution is 0.271. The average Bonchev–Trinajstić information content (AvgIpc) is 2.88. The first-order valence-corrected chi connectivity index (χ1v) is 8.67. The number of sulfonamides is 1. The number of piperidine rings is 1. The van der Waals surface area contributed by atoms with Gasteiger partial charge in [0, 0.05) is 13.1 Å². The second-order valence-corrected chi connectivity index (χ2v) is 8.00. The molecule has 0 spiro atoms. The maximum Gasteiger partial charge on any atom is 0.243 e. The smallest absolute Gasteiger partial charge is 0.207 e. The molecule has 4 heteroatoms. The molecule has 108 valence electrons. The summed E-state index contributed by atoms with van der Waals surface area (Å²) in [6, 6.07) is 7.11. The van der Waals surface area contributed by atoms with Gasteiger partial charge in [-0.1, -0.05) is 36.3 Å². The van der Waals surface area contributed by atoms with Crippen LogP contribution in [0.15, 0.2) is 41.3 Å². The molecule has 3 nitrogen and oxygen atoms in total. The topological polar surface area (TPSA) is 37.4 Å². The molecule has 0 radical (unpaired) electrons. The van der Waals surface area contributed by atoms with Crippen LogP contribution < -0.4 is 0 Å². The molecule has 1 aliphatic carbocycles. The van der Waals surface area contributed by atoms with Gasteiger partial charge in [-0.2, -0.15) is 4.31 Å². The summed E-state index contributed by atoms with van der Waals surface area (Å²) in [5.74, 6) is 1.01. The van der Waals surface area contributed by atoms with Gasteiger partial charge in [-0.15, -0.1) is 0 Å². The molecule has 1 heterocycles. The summed E-state index contributed by atoms with van der Waals surface area (Å²) in [5.41, 5.74) is 2.16. The van der Waals surface area contributed by atoms with E-state index in [0.29, 0.717) is 29.8 Å². The van der Waals surface area contributed by atoms with Crippen LogP contribution in [-0.4, -0.2) is 25.8 Å². The molecule has 2 atom stereocenters. The fraction of sp³-hybridized carbons (Fsp3) is 0.500. The fourth-order valence-corrected chi connectivity index (χ4v) is 5.01. The summed E-state index contributed by atoms with van der Waals surface area (Å²) >= 11 is 0. The Morgan fingerprint density at radius 1 is 1.20 bits per heavy atom. The Hall–Kier alpha value is -1.13. The molecule has 2 fully saturated rings. The third kappa shape index (κ3) is 2.31. The Bertz CT molecular complexity index is 618. The number of hydrogen-bond donors (Lipinski definition) is 0. The van der Waals surface area contributed by atoms with E-state index in [1.807, 2.05) is 19.1 Å². The van der Waals surface area contributed by atoms with Crippen LogP contribution in [0.1, 0.15) is 24.8 Å². The predicted octanol–water partition coefficient (Wildman–Crippen LogP) is 2.97. The van der Waals surface area contributed by atoms with Crippen molar-refractivity contribution >= 4 is 10.0 Å². The molecule has 0 bridgehead atoms. The monoisotopic (exact) mass is 291 g/mol. The number of fused-ring (bicyclic) bond motifs is 1. The van der Waals surface area contributed by atoms with Crippen molar-refractivity contribution in [3.05, 3.63) is 42.0 Å². The van der Waals surface area contributed by atoms with Gasteiger partial charge in [0.1, 0.15) is 0 Å². The Balaban J connectivity index is 1.88. The maximum atomic E-state index is 12.7. The largest absolute Gasteiger partial charge is 0.243 e. The number of benzene rings is 1. The van der Waals surface area contributed by atoms with Crippen molar-refractivity contribution in [2.75, 3.05) is 13.1 Å². The number of hydrogen-bond acceptors (Lipinski definition) is 2. The minimum Gasteiger partial charge on any atom is -0.207 e. The second-order valence-electron chi connectivity index (χ2n) is 6.07. The molecule has 2 aliphatic rings. The van der Waals surface area contributed by atoms with Crippen LogP contribution in [-0.2, 0) is 10.0 Å². The van der Waals surface area contributed by atoms with Crippen LogP contribution in [0, 0.1) is 18.8 Å². The van der Waals surface area contributed by atoms with E-state index in [4.69, 9.17) is 0 Å². The van der Waals surface area contributed by atoms with Crippen molar-refractivity contribution in [3.8, 4) is 0 Å². The summed E-state index contributed by atoms with van der Waals surface area (Å²) in [6.45, 7) is 7.22. The molecule has 0 aromatic heterocycles. The first kappa shape index (κ1) is 13.8. The lowest BCUT2D eigenvalue weighted by Crippen LogP contribution is -2.43. The highest BCUT2D eigenvalue weighted by molar-refractivity contribution is 7.89. The summed E-state index contributed by atoms with van der Waals surface area (Å²) in [6.07, 6.45) is 3.51. The zero-order valence-corrected chi connectivity index (χ0v) is 12.7. The van der Waals surface area contributed by atoms with Gasteiger partial charge in [-0.3, -0.25) is 0 Å². The SMILES string of the molecule is C=C1CN(S(=O)(=O)c2ccc(C)cc2)C[C@@H]2CCC[C@H]12. The molecule has 0 unspecified atom stereocenters. The normalized spacial score (nSPS) is 27.6. The van der Waals surface area contributed by atoms with E-state index in [1.54, 1.807) is 16.4 Å². The molecular weight excluding hydrogens is 270 g/mol. The van der Waals surface area contributed by atoms with Crippen molar-refractivity contribution in [1.82, 2.24) is 4.31 Å². The summed E-state index contributed by atoms with van der Waals surface area (Å²) < 4.78 is 27.1. The molecule has 3 rings (SSSR count). The highest BCUT2D eigenvalue weighted by Crippen LogP contribution is 2.41. The Labute approximate surface area is 121 Å². The van der Waals surface area contributed by atoms with E-state index in [9.17, 15) is 8.42 Å². The van der Waals surface area contributed by atoms with Crippen LogP contribution >= 0.6 is 0 Å². The predicted molar refractivity (Wildman–Crippen MR) is 79.9 cm³/mol. The van der Waals surface area contributed by atoms with E-state index in [2.05, 4.69) is 6.58 Å². The van der Waals surface area contributed by atoms with Gasteiger partial charge < -0.3 is 0 Å². The van der Waals surface area contributed by atoms with Crippen LogP contribution in [0.2, 0.25) is 0 Å². The van der Waals surface area contributed by atoms with Crippen LogP contribution in [0.25, 0.3) is 0 Å². The van der Waals surface area contributed by atoms with Crippen LogP contribution in [0.4, 0.5) is 0 Å². The first-order valence-electron chi connectivity index (χ1n) is 7.23. The summed E-state index contributed by atoms with van der Waals surface area (Å²) in [4.78, 5) is 0.396. The van der Waals surface area contributed by atoms with E-state index in [-0.39, 0.29) is 0 Å². The summed E-state index contributed by atoms with van der Waals surface area (Å²) in [7, 11) is -3.38. The molecule has 1 aromatic rings. The molecule has 20 heavy (non-hydrogen) atoms. The van der Waals surface area contributed by atoms with Gasteiger partial charge in [-0.05, 0) is 43.7 Å². The van der Waals surface area contributed by atoms with Gasteiger partial charge in [0.25, 0.3) is 0 Å². The zero-order chi connectivity index (χ0) is 14.3. The standard InChI is InChI=1S/C16H21NO2S/c1-12-6-8-15(9-7-12)20(18,19)17-10-13(2)16-5-3-4-14(16)11-17/h6-9,14,16H,2-5,10-11H2,1H3/t14-,16+/m0/s1. The first-order chi connectivity index (χ1) is 9.48. The minimum atomic E-state index is -3.38. The number of aryl methyl sites for hydroxylation is 1. The van der Waals surface area contributed by atoms with Gasteiger partial charge in [0.2, 0.25) is 10.0 Å². The zero-order valence-electron chi connectivity index (χ0n) is 11.9. The van der Waals surface area contributed by atoms with E-state index in [0.717, 1.165) is 17.6 Å². The van der Waals surface area contributed by atoms with Crippen molar-refractivity contribution in [3.63, 3.8) is 0 Å². The van der Waals surface area contributed by atoms with Gasteiger partial charge >= 0.3 is 0 Å². The van der Waals surface area contributed by atoms with Crippen molar-refractivity contribution in [1.29, 1.82) is 0 Å². The molecule has 1 aromatic carbocycles.